The van der Waals surface area contributed by atoms with Crippen LogP contribution in [-0.4, -0.2) is 17.0 Å². The molecule has 4 heteroatoms. The van der Waals surface area contributed by atoms with E-state index in [0.717, 1.165) is 12.3 Å². The highest BCUT2D eigenvalue weighted by molar-refractivity contribution is 7.99. The molecule has 1 aromatic rings. The number of thioether (sulfide) groups is 1. The van der Waals surface area contributed by atoms with Crippen LogP contribution in [0.4, 0.5) is 0 Å². The van der Waals surface area contributed by atoms with Crippen LogP contribution in [0.1, 0.15) is 0 Å². The molecule has 2 rings (SSSR count). The van der Waals surface area contributed by atoms with Crippen molar-refractivity contribution in [1.82, 2.24) is 0 Å². The van der Waals surface area contributed by atoms with Crippen molar-refractivity contribution in [2.75, 3.05) is 5.75 Å². The van der Waals surface area contributed by atoms with Gasteiger partial charge in [0, 0.05) is 17.9 Å². The molecule has 66 valence electrons. The number of aliphatic hydroxyl groups excluding tert-OH is 1. The standard InChI is InChI=1S/C8H10NOS.ClH/c10-7-5-9-4-2-1-3-8(9)11-6-7;/h1-4,7,10H,5-6H2;1H/q+1;/p-1. The summed E-state index contributed by atoms with van der Waals surface area (Å²) < 4.78 is 2.08. The maximum absolute atomic E-state index is 9.31. The molecule has 0 bridgehead atoms. The molecule has 0 fully saturated rings. The summed E-state index contributed by atoms with van der Waals surface area (Å²) in [7, 11) is 0. The van der Waals surface area contributed by atoms with Gasteiger partial charge in [0.25, 0.3) is 0 Å². The van der Waals surface area contributed by atoms with Crippen molar-refractivity contribution >= 4 is 11.8 Å². The third-order valence-corrected chi connectivity index (χ3v) is 2.95. The summed E-state index contributed by atoms with van der Waals surface area (Å²) in [5.74, 6) is 0.823. The normalized spacial score (nSPS) is 20.9. The van der Waals surface area contributed by atoms with Crippen LogP contribution in [0.15, 0.2) is 29.4 Å². The molecule has 1 atom stereocenters. The molecule has 12 heavy (non-hydrogen) atoms. The molecule has 1 aliphatic heterocycles. The molecule has 0 saturated heterocycles. The summed E-state index contributed by atoms with van der Waals surface area (Å²) in [5, 5.41) is 10.6. The van der Waals surface area contributed by atoms with Gasteiger partial charge in [-0.3, -0.25) is 0 Å². The van der Waals surface area contributed by atoms with Crippen molar-refractivity contribution in [3.63, 3.8) is 0 Å². The van der Waals surface area contributed by atoms with Gasteiger partial charge in [0.05, 0.1) is 0 Å². The second-order valence-electron chi connectivity index (χ2n) is 2.66. The Morgan fingerprint density at radius 1 is 1.50 bits per heavy atom. The molecular weight excluding hydrogens is 194 g/mol. The zero-order valence-electron chi connectivity index (χ0n) is 6.48. The summed E-state index contributed by atoms with van der Waals surface area (Å²) in [5.41, 5.74) is 0. The number of rotatable bonds is 0. The number of hydrogen-bond donors (Lipinski definition) is 1. The molecule has 0 aromatic carbocycles. The number of hydrogen-bond acceptors (Lipinski definition) is 2. The molecule has 2 heterocycles. The highest BCUT2D eigenvalue weighted by atomic mass is 35.5. The lowest BCUT2D eigenvalue weighted by Gasteiger charge is -2.13. The van der Waals surface area contributed by atoms with Gasteiger partial charge < -0.3 is 17.5 Å². The average Bonchev–Trinajstić information content (AvgIpc) is 2.04. The van der Waals surface area contributed by atoms with Crippen molar-refractivity contribution < 1.29 is 22.1 Å². The quantitative estimate of drug-likeness (QED) is 0.470. The van der Waals surface area contributed by atoms with Gasteiger partial charge in [-0.25, -0.2) is 0 Å². The molecular formula is C8H10ClNOS. The van der Waals surface area contributed by atoms with E-state index in [1.807, 2.05) is 18.3 Å². The fraction of sp³-hybridized carbons (Fsp3) is 0.375. The molecule has 0 aliphatic carbocycles. The number of fused-ring (bicyclic) bond motifs is 1. The summed E-state index contributed by atoms with van der Waals surface area (Å²) in [6.45, 7) is 0.739. The maximum Gasteiger partial charge on any atom is 0.240 e. The highest BCUT2D eigenvalue weighted by Crippen LogP contribution is 2.17. The van der Waals surface area contributed by atoms with E-state index >= 15 is 0 Å². The van der Waals surface area contributed by atoms with E-state index in [1.165, 1.54) is 5.03 Å². The highest BCUT2D eigenvalue weighted by Gasteiger charge is 2.22. The van der Waals surface area contributed by atoms with Crippen molar-refractivity contribution in [2.45, 2.75) is 17.7 Å². The van der Waals surface area contributed by atoms with E-state index in [0.29, 0.717) is 0 Å². The van der Waals surface area contributed by atoms with Gasteiger partial charge in [-0.2, -0.15) is 4.57 Å². The second kappa shape index (κ2) is 4.12. The fourth-order valence-corrected chi connectivity index (χ4v) is 2.15. The Balaban J connectivity index is 0.000000720. The first-order chi connectivity index (χ1) is 5.36. The molecule has 0 radical (unpaired) electrons. The molecule has 1 aliphatic rings. The molecule has 1 aromatic heterocycles. The number of aromatic nitrogens is 1. The fourth-order valence-electron chi connectivity index (χ4n) is 1.20. The smallest absolute Gasteiger partial charge is 0.240 e. The molecule has 0 amide bonds. The lowest BCUT2D eigenvalue weighted by Crippen LogP contribution is -3.00. The van der Waals surface area contributed by atoms with Crippen LogP contribution in [0.3, 0.4) is 0 Å². The minimum absolute atomic E-state index is 0. The average molecular weight is 204 g/mol. The number of nitrogens with zero attached hydrogens (tertiary/aromatic N) is 1. The minimum Gasteiger partial charge on any atom is -1.00 e. The maximum atomic E-state index is 9.31. The molecule has 0 spiro atoms. The van der Waals surface area contributed by atoms with Crippen molar-refractivity contribution in [1.29, 1.82) is 0 Å². The lowest BCUT2D eigenvalue weighted by molar-refractivity contribution is -0.740. The summed E-state index contributed by atoms with van der Waals surface area (Å²) in [6, 6.07) is 6.09. The Morgan fingerprint density at radius 2 is 2.33 bits per heavy atom. The van der Waals surface area contributed by atoms with Gasteiger partial charge in [0.2, 0.25) is 5.03 Å². The zero-order valence-corrected chi connectivity index (χ0v) is 8.05. The predicted octanol–water partition coefficient (Wildman–Crippen LogP) is -2.56. The van der Waals surface area contributed by atoms with Crippen LogP contribution in [0.5, 0.6) is 0 Å². The first-order valence-electron chi connectivity index (χ1n) is 3.65. The van der Waals surface area contributed by atoms with Crippen LogP contribution in [0.2, 0.25) is 0 Å². The predicted molar refractivity (Wildman–Crippen MR) is 43.4 cm³/mol. The SMILES string of the molecule is OC1CSc2cccc[n+]2C1.[Cl-]. The van der Waals surface area contributed by atoms with Crippen LogP contribution in [0.25, 0.3) is 0 Å². The Morgan fingerprint density at radius 3 is 3.17 bits per heavy atom. The van der Waals surface area contributed by atoms with Gasteiger partial charge in [-0.15, -0.1) is 0 Å². The van der Waals surface area contributed by atoms with E-state index < -0.39 is 0 Å². The Kier molecular flexibility index (Phi) is 3.38. The van der Waals surface area contributed by atoms with Crippen LogP contribution < -0.4 is 17.0 Å². The largest absolute Gasteiger partial charge is 1.00 e. The van der Waals surface area contributed by atoms with Gasteiger partial charge in [0.15, 0.2) is 12.7 Å². The summed E-state index contributed by atoms with van der Waals surface area (Å²) in [4.78, 5) is 0. The van der Waals surface area contributed by atoms with Gasteiger partial charge >= 0.3 is 0 Å². The van der Waals surface area contributed by atoms with E-state index in [1.54, 1.807) is 11.8 Å². The number of aliphatic hydroxyl groups is 1. The molecule has 2 nitrogen and oxygen atoms in total. The summed E-state index contributed by atoms with van der Waals surface area (Å²) >= 11 is 1.71. The lowest BCUT2D eigenvalue weighted by atomic mass is 10.4. The zero-order chi connectivity index (χ0) is 7.68. The Hall–Kier alpha value is -0.250. The molecule has 1 unspecified atom stereocenters. The van der Waals surface area contributed by atoms with E-state index in [-0.39, 0.29) is 18.5 Å². The van der Waals surface area contributed by atoms with Crippen LogP contribution >= 0.6 is 11.8 Å². The number of halogens is 1. The van der Waals surface area contributed by atoms with Gasteiger partial charge in [-0.05, 0) is 6.07 Å². The Bertz CT molecular complexity index is 269. The third-order valence-electron chi connectivity index (χ3n) is 1.73. The number of pyridine rings is 1. The molecule has 0 saturated carbocycles. The topological polar surface area (TPSA) is 24.1 Å². The van der Waals surface area contributed by atoms with E-state index in [9.17, 15) is 5.11 Å². The van der Waals surface area contributed by atoms with Crippen molar-refractivity contribution in [3.05, 3.63) is 24.4 Å². The van der Waals surface area contributed by atoms with Gasteiger partial charge in [0.1, 0.15) is 6.10 Å². The summed E-state index contributed by atoms with van der Waals surface area (Å²) in [6.07, 6.45) is 1.82. The van der Waals surface area contributed by atoms with E-state index in [4.69, 9.17) is 0 Å². The van der Waals surface area contributed by atoms with E-state index in [2.05, 4.69) is 10.6 Å². The second-order valence-corrected chi connectivity index (χ2v) is 3.70. The van der Waals surface area contributed by atoms with Gasteiger partial charge in [-0.1, -0.05) is 11.8 Å². The molecule has 1 N–H and O–H groups in total. The van der Waals surface area contributed by atoms with Crippen LogP contribution in [0, 0.1) is 0 Å². The van der Waals surface area contributed by atoms with Crippen molar-refractivity contribution in [2.24, 2.45) is 0 Å². The minimum atomic E-state index is -0.181. The monoisotopic (exact) mass is 203 g/mol. The third kappa shape index (κ3) is 1.91. The first-order valence-corrected chi connectivity index (χ1v) is 4.64. The first kappa shape index (κ1) is 9.84. The van der Waals surface area contributed by atoms with Crippen LogP contribution in [-0.2, 0) is 6.54 Å². The Labute approximate surface area is 82.0 Å². The van der Waals surface area contributed by atoms with Crippen molar-refractivity contribution in [3.8, 4) is 0 Å².